The molecule has 0 saturated heterocycles. The van der Waals surface area contributed by atoms with Crippen molar-refractivity contribution in [1.82, 2.24) is 0 Å². The lowest BCUT2D eigenvalue weighted by molar-refractivity contribution is 0.0513. The Labute approximate surface area is 140 Å². The molecule has 0 fully saturated rings. The predicted molar refractivity (Wildman–Crippen MR) is 95.3 cm³/mol. The molecule has 0 saturated carbocycles. The maximum absolute atomic E-state index is 10.7. The van der Waals surface area contributed by atoms with Crippen LogP contribution in [0.3, 0.4) is 0 Å². The number of ether oxygens (including phenoxy) is 1. The van der Waals surface area contributed by atoms with Crippen molar-refractivity contribution in [3.8, 4) is 11.5 Å². The standard InChI is InChI=1S/C21H30O2/c1-5-6-7-8-15-11-18(22)20-17-13-21(4,23-19(20)12-15)10-9-16(17)14(2)3/h9,11-12,14,17,22H,5-8,10,13H2,1-4H3. The topological polar surface area (TPSA) is 29.5 Å². The van der Waals surface area contributed by atoms with E-state index in [0.29, 0.717) is 17.6 Å². The maximum atomic E-state index is 10.7. The Morgan fingerprint density at radius 3 is 2.78 bits per heavy atom. The molecule has 1 aromatic rings. The van der Waals surface area contributed by atoms with E-state index >= 15 is 0 Å². The number of phenolic OH excluding ortho intramolecular Hbond substituents is 1. The normalized spacial score (nSPS) is 25.8. The highest BCUT2D eigenvalue weighted by Crippen LogP contribution is 2.53. The number of aryl methyl sites for hydroxylation is 1. The second-order valence-electron chi connectivity index (χ2n) is 7.86. The summed E-state index contributed by atoms with van der Waals surface area (Å²) in [5.74, 6) is 2.16. The second kappa shape index (κ2) is 6.22. The molecule has 2 bridgehead atoms. The summed E-state index contributed by atoms with van der Waals surface area (Å²) in [6.07, 6.45) is 8.94. The fourth-order valence-electron chi connectivity index (χ4n) is 4.19. The molecule has 2 atom stereocenters. The van der Waals surface area contributed by atoms with Crippen molar-refractivity contribution >= 4 is 0 Å². The fourth-order valence-corrected chi connectivity index (χ4v) is 4.19. The minimum absolute atomic E-state index is 0.120. The Morgan fingerprint density at radius 2 is 2.09 bits per heavy atom. The van der Waals surface area contributed by atoms with Gasteiger partial charge in [0.2, 0.25) is 0 Å². The zero-order valence-electron chi connectivity index (χ0n) is 15.0. The number of unbranched alkanes of at least 4 members (excludes halogenated alkanes) is 2. The van der Waals surface area contributed by atoms with Gasteiger partial charge in [0.15, 0.2) is 0 Å². The van der Waals surface area contributed by atoms with Gasteiger partial charge in [-0.25, -0.2) is 0 Å². The van der Waals surface area contributed by atoms with E-state index in [2.05, 4.69) is 39.8 Å². The van der Waals surface area contributed by atoms with E-state index < -0.39 is 0 Å². The summed E-state index contributed by atoms with van der Waals surface area (Å²) in [6.45, 7) is 8.92. The number of rotatable bonds is 5. The molecule has 3 rings (SSSR count). The van der Waals surface area contributed by atoms with E-state index in [9.17, 15) is 5.11 Å². The van der Waals surface area contributed by atoms with Gasteiger partial charge in [-0.3, -0.25) is 0 Å². The van der Waals surface area contributed by atoms with Gasteiger partial charge in [-0.05, 0) is 49.8 Å². The van der Waals surface area contributed by atoms with Crippen LogP contribution in [0, 0.1) is 5.92 Å². The summed E-state index contributed by atoms with van der Waals surface area (Å²) in [6, 6.07) is 4.14. The summed E-state index contributed by atoms with van der Waals surface area (Å²) < 4.78 is 6.34. The molecule has 1 aliphatic heterocycles. The lowest BCUT2D eigenvalue weighted by Crippen LogP contribution is -2.41. The third-order valence-corrected chi connectivity index (χ3v) is 5.43. The molecule has 0 aromatic heterocycles. The highest BCUT2D eigenvalue weighted by molar-refractivity contribution is 5.55. The third kappa shape index (κ3) is 3.13. The molecule has 2 heteroatoms. The van der Waals surface area contributed by atoms with Crippen LogP contribution in [0.5, 0.6) is 11.5 Å². The summed E-state index contributed by atoms with van der Waals surface area (Å²) in [5.41, 5.74) is 3.56. The van der Waals surface area contributed by atoms with Gasteiger partial charge in [-0.1, -0.05) is 45.3 Å². The molecule has 1 aromatic carbocycles. The Hall–Kier alpha value is -1.44. The molecule has 126 valence electrons. The summed E-state index contributed by atoms with van der Waals surface area (Å²) in [5, 5.41) is 10.7. The van der Waals surface area contributed by atoms with Crippen molar-refractivity contribution in [1.29, 1.82) is 0 Å². The largest absolute Gasteiger partial charge is 0.507 e. The first-order chi connectivity index (χ1) is 10.9. The molecule has 0 radical (unpaired) electrons. The summed E-state index contributed by atoms with van der Waals surface area (Å²) in [4.78, 5) is 0. The molecule has 23 heavy (non-hydrogen) atoms. The van der Waals surface area contributed by atoms with E-state index in [1.54, 1.807) is 0 Å². The van der Waals surface area contributed by atoms with E-state index in [1.807, 2.05) is 6.07 Å². The monoisotopic (exact) mass is 314 g/mol. The molecule has 0 spiro atoms. The first-order valence-electron chi connectivity index (χ1n) is 9.18. The van der Waals surface area contributed by atoms with Crippen molar-refractivity contribution in [2.75, 3.05) is 0 Å². The van der Waals surface area contributed by atoms with E-state index in [4.69, 9.17) is 4.74 Å². The van der Waals surface area contributed by atoms with Gasteiger partial charge in [0.05, 0.1) is 0 Å². The summed E-state index contributed by atoms with van der Waals surface area (Å²) in [7, 11) is 0. The lowest BCUT2D eigenvalue weighted by atomic mass is 9.70. The van der Waals surface area contributed by atoms with E-state index in [-0.39, 0.29) is 5.60 Å². The number of hydrogen-bond donors (Lipinski definition) is 1. The maximum Gasteiger partial charge on any atom is 0.127 e. The van der Waals surface area contributed by atoms with Crippen molar-refractivity contribution < 1.29 is 9.84 Å². The molecular weight excluding hydrogens is 284 g/mol. The van der Waals surface area contributed by atoms with Gasteiger partial charge < -0.3 is 9.84 Å². The highest BCUT2D eigenvalue weighted by Gasteiger charge is 2.43. The van der Waals surface area contributed by atoms with Gasteiger partial charge in [0, 0.05) is 17.9 Å². The fraction of sp³-hybridized carbons (Fsp3) is 0.619. The molecule has 0 amide bonds. The molecule has 2 aliphatic rings. The van der Waals surface area contributed by atoms with Crippen LogP contribution in [0.1, 0.15) is 76.8 Å². The van der Waals surface area contributed by atoms with Crippen LogP contribution in [-0.4, -0.2) is 10.7 Å². The second-order valence-corrected chi connectivity index (χ2v) is 7.86. The van der Waals surface area contributed by atoms with E-state index in [0.717, 1.165) is 30.6 Å². The van der Waals surface area contributed by atoms with Crippen LogP contribution in [0.4, 0.5) is 0 Å². The molecule has 2 nitrogen and oxygen atoms in total. The zero-order valence-corrected chi connectivity index (χ0v) is 15.0. The van der Waals surface area contributed by atoms with Gasteiger partial charge in [0.1, 0.15) is 17.1 Å². The first kappa shape index (κ1) is 16.4. The van der Waals surface area contributed by atoms with Crippen molar-refractivity contribution in [3.05, 3.63) is 34.9 Å². The minimum atomic E-state index is -0.120. The Balaban J connectivity index is 1.97. The molecule has 2 unspecified atom stereocenters. The van der Waals surface area contributed by atoms with Crippen molar-refractivity contribution in [2.45, 2.75) is 77.7 Å². The summed E-state index contributed by atoms with van der Waals surface area (Å²) >= 11 is 0. The SMILES string of the molecule is CCCCCc1cc(O)c2c(c1)OC1(C)CC=C(C(C)C)C2C1. The average molecular weight is 314 g/mol. The van der Waals surface area contributed by atoms with Crippen LogP contribution in [-0.2, 0) is 6.42 Å². The van der Waals surface area contributed by atoms with Crippen LogP contribution in [0.2, 0.25) is 0 Å². The minimum Gasteiger partial charge on any atom is -0.507 e. The van der Waals surface area contributed by atoms with Gasteiger partial charge in [-0.15, -0.1) is 0 Å². The number of fused-ring (bicyclic) bond motifs is 4. The smallest absolute Gasteiger partial charge is 0.127 e. The van der Waals surface area contributed by atoms with E-state index in [1.165, 1.54) is 30.4 Å². The predicted octanol–water partition coefficient (Wildman–Crippen LogP) is 5.74. The number of hydrogen-bond acceptors (Lipinski definition) is 2. The number of benzene rings is 1. The van der Waals surface area contributed by atoms with Gasteiger partial charge >= 0.3 is 0 Å². The van der Waals surface area contributed by atoms with Crippen molar-refractivity contribution in [3.63, 3.8) is 0 Å². The van der Waals surface area contributed by atoms with Gasteiger partial charge in [-0.2, -0.15) is 0 Å². The highest BCUT2D eigenvalue weighted by atomic mass is 16.5. The Bertz CT molecular complexity index is 615. The first-order valence-corrected chi connectivity index (χ1v) is 9.18. The molecular formula is C21H30O2. The quantitative estimate of drug-likeness (QED) is 0.555. The molecule has 1 heterocycles. The Kier molecular flexibility index (Phi) is 4.44. The lowest BCUT2D eigenvalue weighted by Gasteiger charge is -2.45. The average Bonchev–Trinajstić information content (AvgIpc) is 2.46. The molecule has 1 N–H and O–H groups in total. The third-order valence-electron chi connectivity index (χ3n) is 5.43. The zero-order chi connectivity index (χ0) is 16.6. The number of allylic oxidation sites excluding steroid dienone is 1. The van der Waals surface area contributed by atoms with Gasteiger partial charge in [0.25, 0.3) is 0 Å². The van der Waals surface area contributed by atoms with Crippen LogP contribution < -0.4 is 4.74 Å². The van der Waals surface area contributed by atoms with Crippen LogP contribution in [0.25, 0.3) is 0 Å². The van der Waals surface area contributed by atoms with Crippen LogP contribution >= 0.6 is 0 Å². The van der Waals surface area contributed by atoms with Crippen molar-refractivity contribution in [2.24, 2.45) is 5.92 Å². The number of aromatic hydroxyl groups is 1. The Morgan fingerprint density at radius 1 is 1.30 bits per heavy atom. The molecule has 1 aliphatic carbocycles. The van der Waals surface area contributed by atoms with Crippen LogP contribution in [0.15, 0.2) is 23.8 Å². The number of phenols is 1.